The van der Waals surface area contributed by atoms with Crippen molar-refractivity contribution < 1.29 is 13.3 Å². The van der Waals surface area contributed by atoms with Gasteiger partial charge in [0.25, 0.3) is 15.7 Å². The summed E-state index contributed by atoms with van der Waals surface area (Å²) in [6.07, 6.45) is 3.85. The van der Waals surface area contributed by atoms with E-state index in [4.69, 9.17) is 0 Å². The summed E-state index contributed by atoms with van der Waals surface area (Å²) in [7, 11) is -3.96. The molecule has 0 saturated heterocycles. The van der Waals surface area contributed by atoms with E-state index in [9.17, 15) is 18.5 Å². The minimum Gasteiger partial charge on any atom is -0.279 e. The van der Waals surface area contributed by atoms with Crippen LogP contribution in [0.3, 0.4) is 0 Å². The zero-order chi connectivity index (χ0) is 22.4. The number of nitro benzene ring substituents is 1. The number of anilines is 1. The molecule has 31 heavy (non-hydrogen) atoms. The fraction of sp³-hybridized carbons (Fsp3) is 0.130. The number of rotatable bonds is 8. The zero-order valence-electron chi connectivity index (χ0n) is 17.1. The van der Waals surface area contributed by atoms with Crippen molar-refractivity contribution in [3.63, 3.8) is 0 Å². The predicted molar refractivity (Wildman–Crippen MR) is 126 cm³/mol. The van der Waals surface area contributed by atoms with E-state index in [2.05, 4.69) is 4.72 Å². The van der Waals surface area contributed by atoms with Crippen LogP contribution in [0.1, 0.15) is 16.7 Å². The fourth-order valence-corrected chi connectivity index (χ4v) is 4.92. The van der Waals surface area contributed by atoms with Gasteiger partial charge in [0.15, 0.2) is 0 Å². The Morgan fingerprint density at radius 3 is 2.45 bits per heavy atom. The maximum absolute atomic E-state index is 12.8. The maximum atomic E-state index is 12.8. The van der Waals surface area contributed by atoms with Gasteiger partial charge in [0, 0.05) is 11.8 Å². The Labute approximate surface area is 186 Å². The summed E-state index contributed by atoms with van der Waals surface area (Å²) in [4.78, 5) is 11.3. The summed E-state index contributed by atoms with van der Waals surface area (Å²) < 4.78 is 28.1. The highest BCUT2D eigenvalue weighted by Crippen LogP contribution is 2.32. The number of thioether (sulfide) groups is 1. The highest BCUT2D eigenvalue weighted by Gasteiger charge is 2.22. The second kappa shape index (κ2) is 9.80. The van der Waals surface area contributed by atoms with E-state index in [0.717, 1.165) is 22.8 Å². The van der Waals surface area contributed by atoms with E-state index in [0.29, 0.717) is 16.3 Å². The first-order chi connectivity index (χ1) is 14.8. The van der Waals surface area contributed by atoms with E-state index in [1.54, 1.807) is 19.1 Å². The highest BCUT2D eigenvalue weighted by molar-refractivity contribution is 7.99. The van der Waals surface area contributed by atoms with Gasteiger partial charge in [-0.05, 0) is 43.2 Å². The molecule has 0 spiro atoms. The third-order valence-corrected chi connectivity index (χ3v) is 6.89. The quantitative estimate of drug-likeness (QED) is 0.263. The van der Waals surface area contributed by atoms with Crippen LogP contribution in [-0.2, 0) is 10.0 Å². The number of nitrogens with zero attached hydrogens (tertiary/aromatic N) is 1. The average Bonchev–Trinajstić information content (AvgIpc) is 2.74. The van der Waals surface area contributed by atoms with Crippen molar-refractivity contribution in [3.05, 3.63) is 99.6 Å². The number of nitrogens with one attached hydrogen (secondary N) is 1. The fourth-order valence-electron chi connectivity index (χ4n) is 2.95. The molecule has 0 heterocycles. The molecule has 0 aliphatic carbocycles. The summed E-state index contributed by atoms with van der Waals surface area (Å²) in [6, 6.07) is 19.1. The molecule has 0 fully saturated rings. The lowest BCUT2D eigenvalue weighted by Gasteiger charge is -2.12. The van der Waals surface area contributed by atoms with Crippen molar-refractivity contribution >= 4 is 39.2 Å². The Morgan fingerprint density at radius 1 is 1.03 bits per heavy atom. The molecule has 0 aliphatic heterocycles. The number of hydrogen-bond donors (Lipinski definition) is 1. The summed E-state index contributed by atoms with van der Waals surface area (Å²) in [5.74, 6) is 0.517. The smallest absolute Gasteiger partial charge is 0.279 e. The number of hydrogen-bond acceptors (Lipinski definition) is 5. The molecule has 0 bridgehead atoms. The standard InChI is InChI=1S/C23H22N2O4S2/c1-17-10-12-21(18(2)15-17)24-31(28,29)20-11-13-23(22(16-20)25(26)27)30-14-6-9-19-7-4-3-5-8-19/h3-13,15-16,24H,14H2,1-2H3. The molecule has 3 aromatic carbocycles. The molecule has 8 heteroatoms. The van der Waals surface area contributed by atoms with Crippen LogP contribution in [0.5, 0.6) is 0 Å². The van der Waals surface area contributed by atoms with Crippen molar-refractivity contribution in [1.82, 2.24) is 0 Å². The summed E-state index contributed by atoms with van der Waals surface area (Å²) >= 11 is 1.28. The van der Waals surface area contributed by atoms with E-state index < -0.39 is 14.9 Å². The van der Waals surface area contributed by atoms with E-state index in [-0.39, 0.29) is 10.6 Å². The third kappa shape index (κ3) is 5.96. The molecule has 0 amide bonds. The first-order valence-electron chi connectivity index (χ1n) is 9.49. The van der Waals surface area contributed by atoms with Crippen molar-refractivity contribution in [3.8, 4) is 0 Å². The van der Waals surface area contributed by atoms with Crippen LogP contribution in [0.2, 0.25) is 0 Å². The molecule has 3 rings (SSSR count). The molecular weight excluding hydrogens is 432 g/mol. The Morgan fingerprint density at radius 2 is 1.77 bits per heavy atom. The topological polar surface area (TPSA) is 89.3 Å². The molecule has 0 atom stereocenters. The van der Waals surface area contributed by atoms with Gasteiger partial charge in [-0.2, -0.15) is 0 Å². The first-order valence-corrected chi connectivity index (χ1v) is 12.0. The van der Waals surface area contributed by atoms with Gasteiger partial charge >= 0.3 is 0 Å². The van der Waals surface area contributed by atoms with Crippen molar-refractivity contribution in [2.75, 3.05) is 10.5 Å². The third-order valence-electron chi connectivity index (χ3n) is 4.51. The SMILES string of the molecule is Cc1ccc(NS(=O)(=O)c2ccc(SCC=Cc3ccccc3)c([N+](=O)[O-])c2)c(C)c1. The molecule has 0 unspecified atom stereocenters. The first kappa shape index (κ1) is 22.6. The molecule has 160 valence electrons. The lowest BCUT2D eigenvalue weighted by molar-refractivity contribution is -0.388. The van der Waals surface area contributed by atoms with Gasteiger partial charge in [0.1, 0.15) is 0 Å². The van der Waals surface area contributed by atoms with Gasteiger partial charge in [0.05, 0.1) is 20.4 Å². The van der Waals surface area contributed by atoms with Gasteiger partial charge in [-0.25, -0.2) is 8.42 Å². The Bertz CT molecular complexity index is 1220. The van der Waals surface area contributed by atoms with Crippen LogP contribution in [-0.4, -0.2) is 19.1 Å². The van der Waals surface area contributed by atoms with Gasteiger partial charge < -0.3 is 0 Å². The van der Waals surface area contributed by atoms with Gasteiger partial charge in [0.2, 0.25) is 0 Å². The molecule has 0 radical (unpaired) electrons. The molecule has 0 aromatic heterocycles. The molecule has 0 saturated carbocycles. The summed E-state index contributed by atoms with van der Waals surface area (Å²) in [5, 5.41) is 11.6. The molecule has 1 N–H and O–H groups in total. The summed E-state index contributed by atoms with van der Waals surface area (Å²) in [5.41, 5.74) is 3.03. The zero-order valence-corrected chi connectivity index (χ0v) is 18.7. The monoisotopic (exact) mass is 454 g/mol. The second-order valence-electron chi connectivity index (χ2n) is 6.93. The minimum absolute atomic E-state index is 0.150. The van der Waals surface area contributed by atoms with Crippen LogP contribution in [0, 0.1) is 24.0 Å². The number of nitro groups is 1. The minimum atomic E-state index is -3.96. The lowest BCUT2D eigenvalue weighted by atomic mass is 10.1. The normalized spacial score (nSPS) is 11.5. The van der Waals surface area contributed by atoms with Crippen molar-refractivity contribution in [2.24, 2.45) is 0 Å². The summed E-state index contributed by atoms with van der Waals surface area (Å²) in [6.45, 7) is 3.72. The number of aryl methyl sites for hydroxylation is 2. The molecular formula is C23H22N2O4S2. The van der Waals surface area contributed by atoms with Gasteiger partial charge in [-0.1, -0.05) is 60.2 Å². The lowest BCUT2D eigenvalue weighted by Crippen LogP contribution is -2.14. The highest BCUT2D eigenvalue weighted by atomic mass is 32.2. The molecule has 6 nitrogen and oxygen atoms in total. The Kier molecular flexibility index (Phi) is 7.14. The van der Waals surface area contributed by atoms with E-state index in [1.165, 1.54) is 23.9 Å². The van der Waals surface area contributed by atoms with Gasteiger partial charge in [-0.15, -0.1) is 11.8 Å². The van der Waals surface area contributed by atoms with Crippen LogP contribution >= 0.6 is 11.8 Å². The number of benzene rings is 3. The van der Waals surface area contributed by atoms with Crippen LogP contribution in [0.4, 0.5) is 11.4 Å². The largest absolute Gasteiger partial charge is 0.284 e. The number of sulfonamides is 1. The average molecular weight is 455 g/mol. The molecule has 3 aromatic rings. The van der Waals surface area contributed by atoms with Crippen LogP contribution in [0.15, 0.2) is 82.6 Å². The second-order valence-corrected chi connectivity index (χ2v) is 9.68. The van der Waals surface area contributed by atoms with Crippen molar-refractivity contribution in [2.45, 2.75) is 23.6 Å². The maximum Gasteiger partial charge on any atom is 0.284 e. The van der Waals surface area contributed by atoms with Crippen LogP contribution in [0.25, 0.3) is 6.08 Å². The van der Waals surface area contributed by atoms with Gasteiger partial charge in [-0.3, -0.25) is 14.8 Å². The van der Waals surface area contributed by atoms with Crippen LogP contribution < -0.4 is 4.72 Å². The Balaban J connectivity index is 1.79. The van der Waals surface area contributed by atoms with Crippen molar-refractivity contribution in [1.29, 1.82) is 0 Å². The van der Waals surface area contributed by atoms with E-state index >= 15 is 0 Å². The van der Waals surface area contributed by atoms with E-state index in [1.807, 2.05) is 55.5 Å². The Hall–Kier alpha value is -3.10. The predicted octanol–water partition coefficient (Wildman–Crippen LogP) is 5.82. The molecule has 0 aliphatic rings.